The van der Waals surface area contributed by atoms with Crippen LogP contribution in [-0.2, 0) is 6.61 Å². The van der Waals surface area contributed by atoms with Crippen molar-refractivity contribution in [2.45, 2.75) is 6.61 Å². The van der Waals surface area contributed by atoms with Gasteiger partial charge in [0.2, 0.25) is 0 Å². The van der Waals surface area contributed by atoms with E-state index in [0.717, 1.165) is 6.07 Å². The summed E-state index contributed by atoms with van der Waals surface area (Å²) in [6.07, 6.45) is 0. The molecular weight excluding hydrogens is 420 g/mol. The van der Waals surface area contributed by atoms with Crippen molar-refractivity contribution in [3.63, 3.8) is 0 Å². The minimum atomic E-state index is -0.664. The maximum absolute atomic E-state index is 13.3. The van der Waals surface area contributed by atoms with Crippen LogP contribution in [0.4, 0.5) is 14.6 Å². The van der Waals surface area contributed by atoms with E-state index in [4.69, 9.17) is 14.2 Å². The van der Waals surface area contributed by atoms with Gasteiger partial charge in [-0.3, -0.25) is 9.89 Å². The molecule has 0 bridgehead atoms. The molecule has 164 valence electrons. The van der Waals surface area contributed by atoms with Crippen LogP contribution in [0.5, 0.6) is 17.2 Å². The van der Waals surface area contributed by atoms with E-state index in [-0.39, 0.29) is 12.5 Å². The molecule has 0 spiro atoms. The number of halogens is 2. The minimum Gasteiger partial charge on any atom is -0.493 e. The van der Waals surface area contributed by atoms with Gasteiger partial charge in [-0.15, -0.1) is 0 Å². The molecule has 2 N–H and O–H groups in total. The van der Waals surface area contributed by atoms with Gasteiger partial charge < -0.3 is 19.5 Å². The largest absolute Gasteiger partial charge is 0.493 e. The molecule has 7 nitrogen and oxygen atoms in total. The molecule has 1 heterocycles. The molecule has 0 radical (unpaired) electrons. The van der Waals surface area contributed by atoms with E-state index in [1.807, 2.05) is 0 Å². The molecular formula is C23H19F2N3O4. The highest BCUT2D eigenvalue weighted by molar-refractivity contribution is 6.08. The van der Waals surface area contributed by atoms with E-state index in [1.54, 1.807) is 36.4 Å². The summed E-state index contributed by atoms with van der Waals surface area (Å²) < 4.78 is 42.7. The Labute approximate surface area is 181 Å². The second-order valence-corrected chi connectivity index (χ2v) is 6.87. The average molecular weight is 439 g/mol. The Morgan fingerprint density at radius 2 is 1.72 bits per heavy atom. The number of ether oxygens (including phenoxy) is 3. The van der Waals surface area contributed by atoms with Gasteiger partial charge in [-0.2, -0.15) is 5.10 Å². The van der Waals surface area contributed by atoms with Gasteiger partial charge in [0, 0.05) is 23.1 Å². The summed E-state index contributed by atoms with van der Waals surface area (Å²) in [5.74, 6) is 0.0784. The number of carbonyl (C=O) groups excluding carboxylic acids is 1. The molecule has 4 rings (SSSR count). The topological polar surface area (TPSA) is 85.5 Å². The zero-order valence-corrected chi connectivity index (χ0v) is 17.2. The maximum Gasteiger partial charge on any atom is 0.257 e. The number of H-pyrrole nitrogens is 1. The zero-order chi connectivity index (χ0) is 22.7. The summed E-state index contributed by atoms with van der Waals surface area (Å²) in [5, 5.41) is 10.4. The fourth-order valence-electron chi connectivity index (χ4n) is 3.20. The normalized spacial score (nSPS) is 10.8. The van der Waals surface area contributed by atoms with Crippen LogP contribution in [-0.4, -0.2) is 30.3 Å². The van der Waals surface area contributed by atoms with Crippen molar-refractivity contribution >= 4 is 22.6 Å². The van der Waals surface area contributed by atoms with Crippen molar-refractivity contribution in [1.29, 1.82) is 0 Å². The first-order valence-corrected chi connectivity index (χ1v) is 9.56. The number of methoxy groups -OCH3 is 2. The summed E-state index contributed by atoms with van der Waals surface area (Å²) in [4.78, 5) is 12.7. The Hall–Kier alpha value is -4.14. The minimum absolute atomic E-state index is 0.00276. The molecule has 0 unspecified atom stereocenters. The van der Waals surface area contributed by atoms with Crippen LogP contribution in [0.2, 0.25) is 0 Å². The van der Waals surface area contributed by atoms with Crippen LogP contribution >= 0.6 is 0 Å². The monoisotopic (exact) mass is 439 g/mol. The van der Waals surface area contributed by atoms with Crippen LogP contribution in [0.25, 0.3) is 10.9 Å². The number of aromatic nitrogens is 2. The highest BCUT2D eigenvalue weighted by Gasteiger charge is 2.14. The van der Waals surface area contributed by atoms with Gasteiger partial charge in [0.25, 0.3) is 5.91 Å². The van der Waals surface area contributed by atoms with Crippen molar-refractivity contribution in [2.75, 3.05) is 19.5 Å². The molecule has 0 aliphatic carbocycles. The number of anilines is 1. The molecule has 0 aliphatic heterocycles. The highest BCUT2D eigenvalue weighted by atomic mass is 19.1. The Morgan fingerprint density at radius 1 is 0.969 bits per heavy atom. The predicted octanol–water partition coefficient (Wildman–Crippen LogP) is 4.69. The van der Waals surface area contributed by atoms with Gasteiger partial charge in [-0.25, -0.2) is 8.78 Å². The Morgan fingerprint density at radius 3 is 2.44 bits per heavy atom. The number of nitrogens with one attached hydrogen (secondary N) is 2. The van der Waals surface area contributed by atoms with E-state index in [0.29, 0.717) is 45.1 Å². The molecule has 0 atom stereocenters. The molecule has 9 heteroatoms. The van der Waals surface area contributed by atoms with Crippen molar-refractivity contribution < 1.29 is 27.8 Å². The van der Waals surface area contributed by atoms with Crippen molar-refractivity contribution in [3.8, 4) is 17.2 Å². The number of fused-ring (bicyclic) bond motifs is 1. The first-order chi connectivity index (χ1) is 15.5. The number of hydrogen-bond donors (Lipinski definition) is 2. The van der Waals surface area contributed by atoms with E-state index in [9.17, 15) is 13.6 Å². The Kier molecular flexibility index (Phi) is 5.89. The van der Waals surface area contributed by atoms with Gasteiger partial charge in [0.05, 0.1) is 19.7 Å². The Bertz CT molecular complexity index is 1270. The summed E-state index contributed by atoms with van der Waals surface area (Å²) in [5.41, 5.74) is 1.37. The van der Waals surface area contributed by atoms with E-state index >= 15 is 0 Å². The number of aromatic amines is 1. The third-order valence-corrected chi connectivity index (χ3v) is 4.74. The first kappa shape index (κ1) is 21.1. The lowest BCUT2D eigenvalue weighted by atomic mass is 10.2. The molecule has 0 saturated heterocycles. The maximum atomic E-state index is 13.3. The number of nitrogens with zero attached hydrogens (tertiary/aromatic N) is 1. The third kappa shape index (κ3) is 4.46. The number of amides is 1. The highest BCUT2D eigenvalue weighted by Crippen LogP contribution is 2.29. The standard InChI is InChI=1S/C23H19F2N3O4/c1-30-20-6-3-14(9-21(20)31-2)23(29)26-22-18-5-4-17(11-19(18)27-28-22)32-12-13-7-15(24)10-16(25)8-13/h3-11H,12H2,1-2H3,(H2,26,27,28,29). The summed E-state index contributed by atoms with van der Waals surface area (Å²) in [6, 6.07) is 13.1. The van der Waals surface area contributed by atoms with Crippen molar-refractivity contribution in [2.24, 2.45) is 0 Å². The van der Waals surface area contributed by atoms with Crippen LogP contribution in [0.3, 0.4) is 0 Å². The van der Waals surface area contributed by atoms with E-state index in [1.165, 1.54) is 26.4 Å². The average Bonchev–Trinajstić information content (AvgIpc) is 3.18. The van der Waals surface area contributed by atoms with Crippen LogP contribution in [0.15, 0.2) is 54.6 Å². The first-order valence-electron chi connectivity index (χ1n) is 9.56. The number of rotatable bonds is 7. The molecule has 1 aromatic heterocycles. The summed E-state index contributed by atoms with van der Waals surface area (Å²) >= 11 is 0. The lowest BCUT2D eigenvalue weighted by Gasteiger charge is -2.09. The van der Waals surface area contributed by atoms with Crippen LogP contribution in [0.1, 0.15) is 15.9 Å². The predicted molar refractivity (Wildman–Crippen MR) is 114 cm³/mol. The second-order valence-electron chi connectivity index (χ2n) is 6.87. The van der Waals surface area contributed by atoms with Gasteiger partial charge in [0.15, 0.2) is 17.3 Å². The molecule has 0 saturated carbocycles. The van der Waals surface area contributed by atoms with Crippen molar-refractivity contribution in [1.82, 2.24) is 10.2 Å². The lowest BCUT2D eigenvalue weighted by molar-refractivity contribution is 0.102. The SMILES string of the molecule is COc1ccc(C(=O)Nc2n[nH]c3cc(OCc4cc(F)cc(F)c4)ccc23)cc1OC. The van der Waals surface area contributed by atoms with Gasteiger partial charge in [-0.05, 0) is 48.0 Å². The van der Waals surface area contributed by atoms with Crippen LogP contribution < -0.4 is 19.5 Å². The number of hydrogen-bond acceptors (Lipinski definition) is 5. The molecule has 0 fully saturated rings. The van der Waals surface area contributed by atoms with Gasteiger partial charge >= 0.3 is 0 Å². The smallest absolute Gasteiger partial charge is 0.257 e. The molecule has 3 aromatic carbocycles. The fraction of sp³-hybridized carbons (Fsp3) is 0.130. The molecule has 32 heavy (non-hydrogen) atoms. The number of carbonyl (C=O) groups is 1. The lowest BCUT2D eigenvalue weighted by Crippen LogP contribution is -2.12. The zero-order valence-electron chi connectivity index (χ0n) is 17.2. The van der Waals surface area contributed by atoms with Gasteiger partial charge in [-0.1, -0.05) is 0 Å². The van der Waals surface area contributed by atoms with E-state index < -0.39 is 11.6 Å². The summed E-state index contributed by atoms with van der Waals surface area (Å²) in [6.45, 7) is -0.00276. The molecule has 1 amide bonds. The molecule has 4 aromatic rings. The third-order valence-electron chi connectivity index (χ3n) is 4.74. The van der Waals surface area contributed by atoms with Crippen LogP contribution in [0, 0.1) is 11.6 Å². The van der Waals surface area contributed by atoms with Gasteiger partial charge in [0.1, 0.15) is 24.0 Å². The molecule has 0 aliphatic rings. The summed E-state index contributed by atoms with van der Waals surface area (Å²) in [7, 11) is 3.01. The second kappa shape index (κ2) is 8.93. The Balaban J connectivity index is 1.48. The quantitative estimate of drug-likeness (QED) is 0.436. The van der Waals surface area contributed by atoms with E-state index in [2.05, 4.69) is 15.5 Å². The number of benzene rings is 3. The fourth-order valence-corrected chi connectivity index (χ4v) is 3.20. The van der Waals surface area contributed by atoms with Crippen molar-refractivity contribution in [3.05, 3.63) is 77.4 Å².